The summed E-state index contributed by atoms with van der Waals surface area (Å²) >= 11 is 1.51. The number of ether oxygens (including phenoxy) is 1. The third kappa shape index (κ3) is 5.96. The average molecular weight is 417 g/mol. The molecule has 0 radical (unpaired) electrons. The van der Waals surface area contributed by atoms with Gasteiger partial charge in [-0.25, -0.2) is 4.79 Å². The summed E-state index contributed by atoms with van der Waals surface area (Å²) in [5.41, 5.74) is 1.54. The smallest absolute Gasteiger partial charge is 0.329 e. The molecule has 0 bridgehead atoms. The van der Waals surface area contributed by atoms with Gasteiger partial charge in [-0.3, -0.25) is 9.35 Å². The molecule has 2 aromatic rings. The van der Waals surface area contributed by atoms with E-state index >= 15 is 0 Å². The number of aryl methyl sites for hydroxylation is 2. The number of fused-ring (bicyclic) bond motifs is 1. The van der Waals surface area contributed by atoms with E-state index in [1.165, 1.54) is 16.2 Å². The summed E-state index contributed by atoms with van der Waals surface area (Å²) < 4.78 is 38.3. The number of amides is 1. The lowest BCUT2D eigenvalue weighted by atomic mass is 10.2. The fourth-order valence-electron chi connectivity index (χ4n) is 2.55. The van der Waals surface area contributed by atoms with E-state index in [-0.39, 0.29) is 24.7 Å². The third-order valence-corrected chi connectivity index (χ3v) is 5.74. The maximum Gasteiger partial charge on any atom is 0.329 e. The van der Waals surface area contributed by atoms with E-state index in [9.17, 15) is 18.0 Å². The van der Waals surface area contributed by atoms with Gasteiger partial charge in [-0.2, -0.15) is 13.0 Å². The number of carboxylic acid groups (broad SMARTS) is 1. The first-order valence-electron chi connectivity index (χ1n) is 8.03. The van der Waals surface area contributed by atoms with Crippen molar-refractivity contribution in [1.82, 2.24) is 0 Å². The Morgan fingerprint density at radius 2 is 2.00 bits per heavy atom. The second kappa shape index (κ2) is 8.74. The Morgan fingerprint density at radius 3 is 2.63 bits per heavy atom. The molecule has 1 aromatic heterocycles. The fraction of sp³-hybridized carbons (Fsp3) is 0.438. The van der Waals surface area contributed by atoms with Gasteiger partial charge in [0.2, 0.25) is 10.5 Å². The summed E-state index contributed by atoms with van der Waals surface area (Å²) in [6, 6.07) is 5.42. The molecule has 1 amide bonds. The van der Waals surface area contributed by atoms with Crippen LogP contribution in [-0.2, 0) is 31.0 Å². The summed E-state index contributed by atoms with van der Waals surface area (Å²) in [5.74, 6) is -1.81. The average Bonchev–Trinajstić information content (AvgIpc) is 2.87. The van der Waals surface area contributed by atoms with Crippen molar-refractivity contribution in [3.63, 3.8) is 0 Å². The van der Waals surface area contributed by atoms with Crippen molar-refractivity contribution >= 4 is 49.2 Å². The standard InChI is InChI=1S/C16H20N2O7S2/c1-11-18(6-3-7-27(22,23)24)13-5-4-12(8-14(13)26-11)17(2)15(19)9-25-10-16(20)21/h4-5,8H,3,6-7,9-10H2,1-2H3,(H-,20,21,22,23,24)/p+1. The van der Waals surface area contributed by atoms with E-state index < -0.39 is 22.7 Å². The van der Waals surface area contributed by atoms with Crippen molar-refractivity contribution in [3.8, 4) is 0 Å². The summed E-state index contributed by atoms with van der Waals surface area (Å²) in [6.07, 6.45) is 0.289. The number of hydrogen-bond donors (Lipinski definition) is 2. The molecular weight excluding hydrogens is 396 g/mol. The van der Waals surface area contributed by atoms with E-state index in [2.05, 4.69) is 0 Å². The van der Waals surface area contributed by atoms with Crippen molar-refractivity contribution in [2.45, 2.75) is 19.9 Å². The maximum atomic E-state index is 12.1. The van der Waals surface area contributed by atoms with E-state index in [1.54, 1.807) is 13.1 Å². The highest BCUT2D eigenvalue weighted by Gasteiger charge is 2.20. The number of carboxylic acids is 1. The fourth-order valence-corrected chi connectivity index (χ4v) is 4.12. The molecule has 2 N–H and O–H groups in total. The quantitative estimate of drug-likeness (QED) is 0.457. The van der Waals surface area contributed by atoms with Gasteiger partial charge in [-0.05, 0) is 12.1 Å². The molecule has 1 heterocycles. The predicted molar refractivity (Wildman–Crippen MR) is 99.7 cm³/mol. The molecule has 0 aliphatic heterocycles. The number of aromatic nitrogens is 1. The highest BCUT2D eigenvalue weighted by molar-refractivity contribution is 7.85. The number of carbonyl (C=O) groups excluding carboxylic acids is 1. The minimum Gasteiger partial charge on any atom is -0.480 e. The van der Waals surface area contributed by atoms with Crippen molar-refractivity contribution in [2.75, 3.05) is 30.9 Å². The van der Waals surface area contributed by atoms with Gasteiger partial charge in [0.1, 0.15) is 17.9 Å². The number of hydrogen-bond acceptors (Lipinski definition) is 6. The Kier molecular flexibility index (Phi) is 6.87. The number of anilines is 1. The predicted octanol–water partition coefficient (Wildman–Crippen LogP) is 0.839. The first-order chi connectivity index (χ1) is 12.6. The minimum atomic E-state index is -3.99. The second-order valence-electron chi connectivity index (χ2n) is 5.90. The van der Waals surface area contributed by atoms with Crippen LogP contribution in [0.3, 0.4) is 0 Å². The van der Waals surface area contributed by atoms with Crippen LogP contribution in [0.2, 0.25) is 0 Å². The Balaban J connectivity index is 2.13. The summed E-state index contributed by atoms with van der Waals surface area (Å²) in [6.45, 7) is 1.49. The molecule has 27 heavy (non-hydrogen) atoms. The van der Waals surface area contributed by atoms with Crippen LogP contribution in [-0.4, -0.2) is 56.0 Å². The molecule has 0 saturated heterocycles. The molecule has 0 atom stereocenters. The number of rotatable bonds is 9. The van der Waals surface area contributed by atoms with Gasteiger partial charge in [0.15, 0.2) is 6.54 Å². The topological polar surface area (TPSA) is 125 Å². The largest absolute Gasteiger partial charge is 0.480 e. The normalized spacial score (nSPS) is 11.7. The van der Waals surface area contributed by atoms with E-state index in [4.69, 9.17) is 14.4 Å². The van der Waals surface area contributed by atoms with Gasteiger partial charge in [-0.15, -0.1) is 0 Å². The lowest BCUT2D eigenvalue weighted by Gasteiger charge is -2.16. The molecule has 0 aliphatic rings. The Bertz CT molecular complexity index is 953. The SMILES string of the molecule is Cc1sc2cc(N(C)C(=O)COCC(=O)O)ccc2[n+]1CCCS(=O)(=O)O. The molecule has 9 nitrogen and oxygen atoms in total. The van der Waals surface area contributed by atoms with Crippen LogP contribution in [0.5, 0.6) is 0 Å². The first kappa shape index (κ1) is 21.2. The van der Waals surface area contributed by atoms with Crippen LogP contribution >= 0.6 is 11.3 Å². The monoisotopic (exact) mass is 417 g/mol. The number of thiazole rings is 1. The van der Waals surface area contributed by atoms with Crippen molar-refractivity contribution < 1.29 is 37.0 Å². The Hall–Kier alpha value is -2.08. The van der Waals surface area contributed by atoms with Crippen LogP contribution in [0.25, 0.3) is 10.2 Å². The number of nitrogens with zero attached hydrogens (tertiary/aromatic N) is 2. The maximum absolute atomic E-state index is 12.1. The van der Waals surface area contributed by atoms with Gasteiger partial charge in [0.25, 0.3) is 16.0 Å². The molecule has 2 rings (SSSR count). The minimum absolute atomic E-state index is 0.289. The van der Waals surface area contributed by atoms with Crippen LogP contribution < -0.4 is 9.47 Å². The lowest BCUT2D eigenvalue weighted by molar-refractivity contribution is -0.672. The van der Waals surface area contributed by atoms with E-state index in [1.807, 2.05) is 23.6 Å². The molecule has 0 fully saturated rings. The number of aliphatic carboxylic acids is 1. The van der Waals surface area contributed by atoms with Gasteiger partial charge in [0.05, 0.1) is 5.75 Å². The zero-order chi connectivity index (χ0) is 20.2. The van der Waals surface area contributed by atoms with Gasteiger partial charge in [-0.1, -0.05) is 11.3 Å². The molecule has 11 heteroatoms. The highest BCUT2D eigenvalue weighted by Crippen LogP contribution is 2.25. The van der Waals surface area contributed by atoms with Gasteiger partial charge in [0, 0.05) is 32.1 Å². The number of likely N-dealkylation sites (N-methyl/N-ethyl adjacent to an activating group) is 1. The van der Waals surface area contributed by atoms with E-state index in [0.717, 1.165) is 15.2 Å². The molecular formula is C16H21N2O7S2+. The summed E-state index contributed by atoms with van der Waals surface area (Å²) in [7, 11) is -2.41. The molecule has 0 aliphatic carbocycles. The zero-order valence-corrected chi connectivity index (χ0v) is 16.5. The van der Waals surface area contributed by atoms with Crippen LogP contribution in [0.15, 0.2) is 18.2 Å². The summed E-state index contributed by atoms with van der Waals surface area (Å²) in [5, 5.41) is 9.51. The molecule has 148 valence electrons. The first-order valence-corrected chi connectivity index (χ1v) is 10.5. The number of benzene rings is 1. The van der Waals surface area contributed by atoms with Crippen LogP contribution in [0.4, 0.5) is 5.69 Å². The Labute approximate surface area is 160 Å². The van der Waals surface area contributed by atoms with Crippen molar-refractivity contribution in [1.29, 1.82) is 0 Å². The third-order valence-electron chi connectivity index (χ3n) is 3.87. The van der Waals surface area contributed by atoms with Crippen molar-refractivity contribution in [2.24, 2.45) is 0 Å². The molecule has 0 spiro atoms. The van der Waals surface area contributed by atoms with Crippen LogP contribution in [0, 0.1) is 6.92 Å². The van der Waals surface area contributed by atoms with Gasteiger partial charge < -0.3 is 14.7 Å². The summed E-state index contributed by atoms with van der Waals surface area (Å²) in [4.78, 5) is 23.9. The molecule has 0 unspecified atom stereocenters. The van der Waals surface area contributed by atoms with Crippen LogP contribution in [0.1, 0.15) is 11.4 Å². The second-order valence-corrected chi connectivity index (χ2v) is 8.71. The molecule has 0 saturated carbocycles. The molecule has 1 aromatic carbocycles. The lowest BCUT2D eigenvalue weighted by Crippen LogP contribution is -2.36. The number of carbonyl (C=O) groups is 2. The zero-order valence-electron chi connectivity index (χ0n) is 14.9. The van der Waals surface area contributed by atoms with Gasteiger partial charge >= 0.3 is 5.97 Å². The Morgan fingerprint density at radius 1 is 1.30 bits per heavy atom. The van der Waals surface area contributed by atoms with E-state index in [0.29, 0.717) is 12.2 Å². The van der Waals surface area contributed by atoms with Crippen molar-refractivity contribution in [3.05, 3.63) is 23.2 Å². The highest BCUT2D eigenvalue weighted by atomic mass is 32.2.